The summed E-state index contributed by atoms with van der Waals surface area (Å²) in [6.45, 7) is 0.300. The largest absolute Gasteiger partial charge is 0.358 e. The number of nitrogens with one attached hydrogen (secondary N) is 1. The molecule has 0 radical (unpaired) electrons. The number of nitrogens with zero attached hydrogens (tertiary/aromatic N) is 1. The molecular formula is C18H26N2O5S2. The summed E-state index contributed by atoms with van der Waals surface area (Å²) in [6, 6.07) is 5.34. The molecule has 2 aliphatic rings. The van der Waals surface area contributed by atoms with Gasteiger partial charge in [0, 0.05) is 20.1 Å². The fourth-order valence-electron chi connectivity index (χ4n) is 3.82. The molecule has 1 fully saturated rings. The SMILES string of the molecule is CNC(=O)CS(=O)(=O)C1CCN(S(=O)(=O)c2ccc3c(c2)CCCC3)CC1. The van der Waals surface area contributed by atoms with Crippen LogP contribution in [0.1, 0.15) is 36.8 Å². The van der Waals surface area contributed by atoms with Gasteiger partial charge in [-0.25, -0.2) is 16.8 Å². The molecule has 9 heteroatoms. The highest BCUT2D eigenvalue weighted by Crippen LogP contribution is 2.28. The maximum Gasteiger partial charge on any atom is 0.243 e. The second-order valence-corrected chi connectivity index (χ2v) is 11.4. The number of sulfone groups is 1. The number of carbonyl (C=O) groups excluding carboxylic acids is 1. The van der Waals surface area contributed by atoms with Gasteiger partial charge in [-0.05, 0) is 61.8 Å². The molecule has 1 aliphatic heterocycles. The highest BCUT2D eigenvalue weighted by Gasteiger charge is 2.35. The number of carbonyl (C=O) groups is 1. The van der Waals surface area contributed by atoms with Crippen LogP contribution in [0.15, 0.2) is 23.1 Å². The number of fused-ring (bicyclic) bond motifs is 1. The van der Waals surface area contributed by atoms with Gasteiger partial charge in [-0.2, -0.15) is 4.31 Å². The van der Waals surface area contributed by atoms with Crippen LogP contribution in [-0.4, -0.2) is 58.2 Å². The molecule has 1 aromatic rings. The molecule has 1 aliphatic carbocycles. The smallest absolute Gasteiger partial charge is 0.243 e. The normalized spacial score (nSPS) is 19.4. The van der Waals surface area contributed by atoms with Crippen LogP contribution in [0.2, 0.25) is 0 Å². The monoisotopic (exact) mass is 414 g/mol. The lowest BCUT2D eigenvalue weighted by Crippen LogP contribution is -2.44. The van der Waals surface area contributed by atoms with Crippen molar-refractivity contribution < 1.29 is 21.6 Å². The van der Waals surface area contributed by atoms with Crippen LogP contribution in [0, 0.1) is 0 Å². The third kappa shape index (κ3) is 4.35. The second kappa shape index (κ2) is 7.89. The van der Waals surface area contributed by atoms with Gasteiger partial charge in [0.25, 0.3) is 0 Å². The van der Waals surface area contributed by atoms with Crippen LogP contribution in [0.5, 0.6) is 0 Å². The van der Waals surface area contributed by atoms with E-state index in [9.17, 15) is 21.6 Å². The molecule has 7 nitrogen and oxygen atoms in total. The van der Waals surface area contributed by atoms with E-state index in [4.69, 9.17) is 0 Å². The zero-order valence-electron chi connectivity index (χ0n) is 15.5. The lowest BCUT2D eigenvalue weighted by atomic mass is 9.92. The molecule has 150 valence electrons. The Bertz CT molecular complexity index is 917. The summed E-state index contributed by atoms with van der Waals surface area (Å²) in [7, 11) is -5.81. The molecular weight excluding hydrogens is 388 g/mol. The lowest BCUT2D eigenvalue weighted by molar-refractivity contribution is -0.118. The molecule has 0 saturated carbocycles. The summed E-state index contributed by atoms with van der Waals surface area (Å²) in [6.07, 6.45) is 4.53. The van der Waals surface area contributed by atoms with Crippen molar-refractivity contribution >= 4 is 25.8 Å². The number of benzene rings is 1. The van der Waals surface area contributed by atoms with Gasteiger partial charge < -0.3 is 5.32 Å². The summed E-state index contributed by atoms with van der Waals surface area (Å²) in [5.41, 5.74) is 2.32. The van der Waals surface area contributed by atoms with E-state index in [2.05, 4.69) is 5.32 Å². The Morgan fingerprint density at radius 2 is 1.70 bits per heavy atom. The summed E-state index contributed by atoms with van der Waals surface area (Å²) >= 11 is 0. The molecule has 1 heterocycles. The van der Waals surface area contributed by atoms with Gasteiger partial charge >= 0.3 is 0 Å². The summed E-state index contributed by atoms with van der Waals surface area (Å²) < 4.78 is 51.9. The highest BCUT2D eigenvalue weighted by atomic mass is 32.2. The van der Waals surface area contributed by atoms with Crippen molar-refractivity contribution in [2.75, 3.05) is 25.9 Å². The Labute approximate surface area is 161 Å². The van der Waals surface area contributed by atoms with Gasteiger partial charge in [-0.1, -0.05) is 6.07 Å². The van der Waals surface area contributed by atoms with Crippen molar-refractivity contribution in [3.05, 3.63) is 29.3 Å². The van der Waals surface area contributed by atoms with Crippen molar-refractivity contribution in [2.45, 2.75) is 48.7 Å². The quantitative estimate of drug-likeness (QED) is 0.771. The van der Waals surface area contributed by atoms with Gasteiger partial charge in [0.15, 0.2) is 9.84 Å². The van der Waals surface area contributed by atoms with Crippen LogP contribution in [0.4, 0.5) is 0 Å². The Balaban J connectivity index is 1.71. The van der Waals surface area contributed by atoms with E-state index in [1.165, 1.54) is 16.9 Å². The highest BCUT2D eigenvalue weighted by molar-refractivity contribution is 7.92. The third-order valence-electron chi connectivity index (χ3n) is 5.48. The number of hydrogen-bond donors (Lipinski definition) is 1. The van der Waals surface area contributed by atoms with E-state index in [1.54, 1.807) is 12.1 Å². The van der Waals surface area contributed by atoms with Gasteiger partial charge in [0.2, 0.25) is 15.9 Å². The molecule has 1 N–H and O–H groups in total. The second-order valence-electron chi connectivity index (χ2n) is 7.22. The average Bonchev–Trinajstić information content (AvgIpc) is 2.67. The predicted octanol–water partition coefficient (Wildman–Crippen LogP) is 0.879. The first kappa shape index (κ1) is 20.3. The minimum Gasteiger partial charge on any atom is -0.358 e. The van der Waals surface area contributed by atoms with Gasteiger partial charge in [-0.3, -0.25) is 4.79 Å². The van der Waals surface area contributed by atoms with Crippen LogP contribution in [0.25, 0.3) is 0 Å². The first-order valence-electron chi connectivity index (χ1n) is 9.28. The van der Waals surface area contributed by atoms with Crippen molar-refractivity contribution in [1.82, 2.24) is 9.62 Å². The van der Waals surface area contributed by atoms with Crippen LogP contribution in [-0.2, 0) is 37.5 Å². The topological polar surface area (TPSA) is 101 Å². The number of hydrogen-bond acceptors (Lipinski definition) is 5. The molecule has 0 aromatic heterocycles. The summed E-state index contributed by atoms with van der Waals surface area (Å²) in [5.74, 6) is -1.09. The van der Waals surface area contributed by atoms with E-state index in [0.29, 0.717) is 0 Å². The number of amides is 1. The van der Waals surface area contributed by atoms with E-state index in [-0.39, 0.29) is 30.8 Å². The number of sulfonamides is 1. The molecule has 0 bridgehead atoms. The first-order valence-corrected chi connectivity index (χ1v) is 12.4. The molecule has 0 spiro atoms. The average molecular weight is 415 g/mol. The Morgan fingerprint density at radius 1 is 1.07 bits per heavy atom. The van der Waals surface area contributed by atoms with Crippen molar-refractivity contribution in [2.24, 2.45) is 0 Å². The molecule has 1 saturated heterocycles. The summed E-state index contributed by atoms with van der Waals surface area (Å²) in [4.78, 5) is 11.7. The van der Waals surface area contributed by atoms with Crippen molar-refractivity contribution in [3.8, 4) is 0 Å². The van der Waals surface area contributed by atoms with Crippen molar-refractivity contribution in [1.29, 1.82) is 0 Å². The van der Waals surface area contributed by atoms with Gasteiger partial charge in [0.05, 0.1) is 10.1 Å². The molecule has 27 heavy (non-hydrogen) atoms. The molecule has 1 aromatic carbocycles. The Morgan fingerprint density at radius 3 is 2.33 bits per heavy atom. The fourth-order valence-corrected chi connectivity index (χ4v) is 7.02. The fraction of sp³-hybridized carbons (Fsp3) is 0.611. The first-order chi connectivity index (χ1) is 12.7. The van der Waals surface area contributed by atoms with Gasteiger partial charge in [0.1, 0.15) is 5.75 Å². The van der Waals surface area contributed by atoms with Gasteiger partial charge in [-0.15, -0.1) is 0 Å². The third-order valence-corrected chi connectivity index (χ3v) is 9.52. The van der Waals surface area contributed by atoms with Crippen LogP contribution >= 0.6 is 0 Å². The maximum atomic E-state index is 13.0. The minimum atomic E-state index is -3.63. The van der Waals surface area contributed by atoms with E-state index in [1.807, 2.05) is 6.07 Å². The molecule has 0 unspecified atom stereocenters. The molecule has 3 rings (SSSR count). The number of piperidine rings is 1. The van der Waals surface area contributed by atoms with Crippen LogP contribution < -0.4 is 5.32 Å². The van der Waals surface area contributed by atoms with E-state index < -0.39 is 36.8 Å². The molecule has 0 atom stereocenters. The standard InChI is InChI=1S/C18H26N2O5S2/c1-19-18(21)13-26(22,23)16-8-10-20(11-9-16)27(24,25)17-7-6-14-4-2-3-5-15(14)12-17/h6-7,12,16H,2-5,8-11,13H2,1H3,(H,19,21). The predicted molar refractivity (Wildman–Crippen MR) is 103 cm³/mol. The zero-order chi connectivity index (χ0) is 19.7. The lowest BCUT2D eigenvalue weighted by Gasteiger charge is -2.31. The minimum absolute atomic E-state index is 0.150. The maximum absolute atomic E-state index is 13.0. The Hall–Kier alpha value is -1.45. The number of aryl methyl sites for hydroxylation is 2. The van der Waals surface area contributed by atoms with Crippen molar-refractivity contribution in [3.63, 3.8) is 0 Å². The number of rotatable bonds is 5. The van der Waals surface area contributed by atoms with E-state index in [0.717, 1.165) is 31.2 Å². The molecule has 1 amide bonds. The van der Waals surface area contributed by atoms with E-state index >= 15 is 0 Å². The zero-order valence-corrected chi connectivity index (χ0v) is 17.1. The van der Waals surface area contributed by atoms with Crippen LogP contribution in [0.3, 0.4) is 0 Å². The Kier molecular flexibility index (Phi) is 5.93. The summed E-state index contributed by atoms with van der Waals surface area (Å²) in [5, 5.41) is 1.64.